The second-order valence-corrected chi connectivity index (χ2v) is 6.90. The van der Waals surface area contributed by atoms with Gasteiger partial charge in [-0.3, -0.25) is 9.59 Å². The summed E-state index contributed by atoms with van der Waals surface area (Å²) in [5.74, 6) is -0.748. The Morgan fingerprint density at radius 1 is 1.29 bits per heavy atom. The molecule has 1 amide bonds. The lowest BCUT2D eigenvalue weighted by Crippen LogP contribution is -2.45. The minimum Gasteiger partial charge on any atom is -0.491 e. The van der Waals surface area contributed by atoms with Gasteiger partial charge in [-0.15, -0.1) is 0 Å². The lowest BCUT2D eigenvalue weighted by atomic mass is 10.0. The highest BCUT2D eigenvalue weighted by molar-refractivity contribution is 5.93. The molecular weight excluding hydrogens is 421 g/mol. The molecule has 1 aromatic heterocycles. The van der Waals surface area contributed by atoms with Gasteiger partial charge in [-0.1, -0.05) is 12.1 Å². The topological polar surface area (TPSA) is 113 Å². The molecule has 3 rings (SSSR count). The number of amides is 1. The predicted molar refractivity (Wildman–Crippen MR) is 103 cm³/mol. The van der Waals surface area contributed by atoms with E-state index < -0.39 is 35.2 Å². The number of hydrogen-bond donors (Lipinski definition) is 2. The van der Waals surface area contributed by atoms with Crippen molar-refractivity contribution in [2.24, 2.45) is 5.73 Å². The number of pyridine rings is 1. The lowest BCUT2D eigenvalue weighted by molar-refractivity contribution is -0.266. The van der Waals surface area contributed by atoms with Crippen molar-refractivity contribution in [3.8, 4) is 16.9 Å². The van der Waals surface area contributed by atoms with Gasteiger partial charge in [0.1, 0.15) is 35.8 Å². The molecule has 0 aliphatic carbocycles. The molecule has 3 unspecified atom stereocenters. The molecule has 31 heavy (non-hydrogen) atoms. The number of carbonyl (C=O) groups is 1. The molecule has 1 aromatic carbocycles. The molecule has 3 N–H and O–H groups in total. The lowest BCUT2D eigenvalue weighted by Gasteiger charge is -2.33. The van der Waals surface area contributed by atoms with Gasteiger partial charge in [0.2, 0.25) is 0 Å². The number of nitrogens with one attached hydrogen (secondary N) is 1. The van der Waals surface area contributed by atoms with E-state index in [2.05, 4.69) is 0 Å². The average molecular weight is 442 g/mol. The molecule has 1 fully saturated rings. The molecule has 8 nitrogen and oxygen atoms in total. The van der Waals surface area contributed by atoms with Crippen molar-refractivity contribution in [2.45, 2.75) is 31.6 Å². The molecule has 168 valence electrons. The maximum atomic E-state index is 13.4. The minimum atomic E-state index is -4.84. The van der Waals surface area contributed by atoms with Crippen LogP contribution in [0.5, 0.6) is 5.75 Å². The zero-order valence-corrected chi connectivity index (χ0v) is 16.7. The predicted octanol–water partition coefficient (Wildman–Crippen LogP) is 2.31. The van der Waals surface area contributed by atoms with Crippen molar-refractivity contribution >= 4 is 5.91 Å². The van der Waals surface area contributed by atoms with Gasteiger partial charge >= 0.3 is 6.18 Å². The van der Waals surface area contributed by atoms with E-state index in [4.69, 9.17) is 24.7 Å². The zero-order valence-electron chi connectivity index (χ0n) is 16.7. The highest BCUT2D eigenvalue weighted by Gasteiger charge is 2.36. The number of alkyl halides is 3. The largest absolute Gasteiger partial charge is 0.491 e. The van der Waals surface area contributed by atoms with E-state index in [0.29, 0.717) is 12.4 Å². The molecule has 2 heterocycles. The maximum absolute atomic E-state index is 13.4. The molecule has 11 heteroatoms. The summed E-state index contributed by atoms with van der Waals surface area (Å²) in [6.45, 7) is 2.27. The summed E-state index contributed by atoms with van der Waals surface area (Å²) in [7, 11) is 1.50. The Balaban J connectivity index is 1.79. The Kier molecular flexibility index (Phi) is 6.68. The summed E-state index contributed by atoms with van der Waals surface area (Å²) in [5.41, 5.74) is 1.78. The number of nitrogens with two attached hydrogens (primary N) is 1. The number of primary amides is 1. The molecule has 0 saturated carbocycles. The smallest absolute Gasteiger partial charge is 0.431 e. The first-order valence-corrected chi connectivity index (χ1v) is 9.27. The second kappa shape index (κ2) is 9.08. The first-order valence-electron chi connectivity index (χ1n) is 9.27. The standard InChI is InChI=1S/C20H21F3N2O6/c1-10-19(28-2)31-13(8-29-10)9-30-12-5-3-11(4-6-12)14-7-15(17(24)26)18(27)25-16(14)20(21,22)23/h3-7,10,13,19H,8-9H2,1-2H3,(H2,24,26)(H,25,27). The van der Waals surface area contributed by atoms with Crippen LogP contribution in [0.15, 0.2) is 35.1 Å². The van der Waals surface area contributed by atoms with Crippen LogP contribution in [0.1, 0.15) is 23.0 Å². The first kappa shape index (κ1) is 22.8. The number of benzene rings is 1. The van der Waals surface area contributed by atoms with Gasteiger partial charge in [0, 0.05) is 12.7 Å². The van der Waals surface area contributed by atoms with Crippen molar-refractivity contribution in [1.82, 2.24) is 4.98 Å². The number of hydrogen-bond acceptors (Lipinski definition) is 6. The fourth-order valence-corrected chi connectivity index (χ4v) is 3.10. The van der Waals surface area contributed by atoms with Crippen molar-refractivity contribution in [3.63, 3.8) is 0 Å². The monoisotopic (exact) mass is 442 g/mol. The van der Waals surface area contributed by atoms with Crippen LogP contribution in [-0.2, 0) is 20.4 Å². The van der Waals surface area contributed by atoms with Gasteiger partial charge in [-0.2, -0.15) is 13.2 Å². The van der Waals surface area contributed by atoms with E-state index in [1.54, 1.807) is 4.98 Å². The number of carbonyl (C=O) groups excluding carboxylic acids is 1. The fraction of sp³-hybridized carbons (Fsp3) is 0.400. The molecular formula is C20H21F3N2O6. The molecule has 0 bridgehead atoms. The van der Waals surface area contributed by atoms with Crippen LogP contribution in [-0.4, -0.2) is 49.7 Å². The summed E-state index contributed by atoms with van der Waals surface area (Å²) in [6, 6.07) is 6.51. The third-order valence-electron chi connectivity index (χ3n) is 4.68. The summed E-state index contributed by atoms with van der Waals surface area (Å²) in [4.78, 5) is 24.9. The molecule has 1 aliphatic heterocycles. The Morgan fingerprint density at radius 3 is 2.55 bits per heavy atom. The third-order valence-corrected chi connectivity index (χ3v) is 4.68. The Labute approximate surface area is 175 Å². The molecule has 3 atom stereocenters. The van der Waals surface area contributed by atoms with E-state index in [-0.39, 0.29) is 29.9 Å². The van der Waals surface area contributed by atoms with Crippen LogP contribution in [0.25, 0.3) is 11.1 Å². The number of aromatic nitrogens is 1. The number of H-pyrrole nitrogens is 1. The average Bonchev–Trinajstić information content (AvgIpc) is 2.72. The first-order chi connectivity index (χ1) is 14.6. The van der Waals surface area contributed by atoms with Crippen molar-refractivity contribution in [3.05, 3.63) is 51.9 Å². The number of rotatable bonds is 6. The van der Waals surface area contributed by atoms with E-state index in [1.807, 2.05) is 6.92 Å². The SMILES string of the molecule is COC1OC(COc2ccc(-c3cc(C(N)=O)c(=O)[nH]c3C(F)(F)F)cc2)COC1C. The fourth-order valence-electron chi connectivity index (χ4n) is 3.10. The van der Waals surface area contributed by atoms with Gasteiger partial charge in [-0.05, 0) is 30.7 Å². The number of aromatic amines is 1. The number of halogens is 3. The minimum absolute atomic E-state index is 0.115. The van der Waals surface area contributed by atoms with Crippen molar-refractivity contribution < 1.29 is 36.9 Å². The Morgan fingerprint density at radius 2 is 1.97 bits per heavy atom. The number of ether oxygens (including phenoxy) is 4. The highest BCUT2D eigenvalue weighted by atomic mass is 19.4. The van der Waals surface area contributed by atoms with Crippen LogP contribution < -0.4 is 16.0 Å². The normalized spacial score (nSPS) is 21.6. The molecule has 2 aromatic rings. The highest BCUT2D eigenvalue weighted by Crippen LogP contribution is 2.35. The van der Waals surface area contributed by atoms with E-state index in [9.17, 15) is 22.8 Å². The Bertz CT molecular complexity index is 990. The summed E-state index contributed by atoms with van der Waals surface area (Å²) >= 11 is 0. The summed E-state index contributed by atoms with van der Waals surface area (Å²) in [6.07, 6.45) is -5.96. The van der Waals surface area contributed by atoms with Gasteiger partial charge in [0.05, 0.1) is 6.61 Å². The van der Waals surface area contributed by atoms with Crippen LogP contribution in [0.2, 0.25) is 0 Å². The van der Waals surface area contributed by atoms with Gasteiger partial charge in [0.15, 0.2) is 6.29 Å². The quantitative estimate of drug-likeness (QED) is 0.710. The molecule has 1 saturated heterocycles. The van der Waals surface area contributed by atoms with E-state index in [0.717, 1.165) is 6.07 Å². The second-order valence-electron chi connectivity index (χ2n) is 6.90. The van der Waals surface area contributed by atoms with Crippen molar-refractivity contribution in [1.29, 1.82) is 0 Å². The maximum Gasteiger partial charge on any atom is 0.431 e. The van der Waals surface area contributed by atoms with Crippen LogP contribution >= 0.6 is 0 Å². The van der Waals surface area contributed by atoms with Crippen LogP contribution in [0.3, 0.4) is 0 Å². The zero-order chi connectivity index (χ0) is 22.8. The Hall–Kier alpha value is -2.89. The molecule has 1 aliphatic rings. The van der Waals surface area contributed by atoms with E-state index in [1.165, 1.54) is 31.4 Å². The summed E-state index contributed by atoms with van der Waals surface area (Å²) in [5, 5.41) is 0. The molecule has 0 radical (unpaired) electrons. The van der Waals surface area contributed by atoms with E-state index >= 15 is 0 Å². The third kappa shape index (κ3) is 5.24. The number of methoxy groups -OCH3 is 1. The van der Waals surface area contributed by atoms with Gasteiger partial charge < -0.3 is 29.7 Å². The van der Waals surface area contributed by atoms with Crippen LogP contribution in [0.4, 0.5) is 13.2 Å². The summed E-state index contributed by atoms with van der Waals surface area (Å²) < 4.78 is 62.2. The van der Waals surface area contributed by atoms with Gasteiger partial charge in [0.25, 0.3) is 11.5 Å². The molecule has 0 spiro atoms. The van der Waals surface area contributed by atoms with Gasteiger partial charge in [-0.25, -0.2) is 0 Å². The van der Waals surface area contributed by atoms with Crippen LogP contribution in [0, 0.1) is 0 Å². The van der Waals surface area contributed by atoms with Crippen molar-refractivity contribution in [2.75, 3.05) is 20.3 Å².